The first-order valence-corrected chi connectivity index (χ1v) is 10.1. The SMILES string of the molecule is COc1cccc(C(NCC(O)COc2c(C)cc(C)cc2C)c2nccn2C)c1. The largest absolute Gasteiger partial charge is 0.497 e. The molecule has 30 heavy (non-hydrogen) atoms. The molecule has 0 bridgehead atoms. The first-order valence-electron chi connectivity index (χ1n) is 10.1. The Kier molecular flexibility index (Phi) is 7.13. The number of aromatic nitrogens is 2. The number of imidazole rings is 1. The molecule has 1 aromatic heterocycles. The first kappa shape index (κ1) is 21.9. The fraction of sp³-hybridized carbons (Fsp3) is 0.375. The zero-order valence-corrected chi connectivity index (χ0v) is 18.3. The summed E-state index contributed by atoms with van der Waals surface area (Å²) in [5.74, 6) is 2.48. The van der Waals surface area contributed by atoms with Crippen molar-refractivity contribution in [1.29, 1.82) is 0 Å². The van der Waals surface area contributed by atoms with E-state index in [1.807, 2.05) is 55.9 Å². The van der Waals surface area contributed by atoms with E-state index in [0.717, 1.165) is 34.0 Å². The number of aliphatic hydroxyl groups is 1. The smallest absolute Gasteiger partial charge is 0.130 e. The number of methoxy groups -OCH3 is 1. The summed E-state index contributed by atoms with van der Waals surface area (Å²) < 4.78 is 13.3. The zero-order chi connectivity index (χ0) is 21.7. The molecule has 0 saturated heterocycles. The summed E-state index contributed by atoms with van der Waals surface area (Å²) in [6.07, 6.45) is 3.01. The van der Waals surface area contributed by atoms with E-state index in [1.165, 1.54) is 5.56 Å². The van der Waals surface area contributed by atoms with Gasteiger partial charge in [0, 0.05) is 26.0 Å². The molecule has 0 radical (unpaired) electrons. The van der Waals surface area contributed by atoms with E-state index < -0.39 is 6.10 Å². The van der Waals surface area contributed by atoms with Gasteiger partial charge in [0.05, 0.1) is 13.2 Å². The van der Waals surface area contributed by atoms with E-state index >= 15 is 0 Å². The van der Waals surface area contributed by atoms with Gasteiger partial charge in [-0.05, 0) is 49.6 Å². The third-order valence-corrected chi connectivity index (χ3v) is 5.13. The maximum Gasteiger partial charge on any atom is 0.130 e. The van der Waals surface area contributed by atoms with Gasteiger partial charge in [-0.15, -0.1) is 0 Å². The molecule has 0 aliphatic heterocycles. The summed E-state index contributed by atoms with van der Waals surface area (Å²) >= 11 is 0. The Hall–Kier alpha value is -2.83. The van der Waals surface area contributed by atoms with Gasteiger partial charge in [0.2, 0.25) is 0 Å². The number of benzene rings is 2. The van der Waals surface area contributed by atoms with Crippen LogP contribution in [0.3, 0.4) is 0 Å². The molecule has 0 fully saturated rings. The number of aliphatic hydroxyl groups excluding tert-OH is 1. The molecule has 3 aromatic rings. The van der Waals surface area contributed by atoms with Gasteiger partial charge in [-0.1, -0.05) is 29.8 Å². The maximum atomic E-state index is 10.6. The molecule has 0 amide bonds. The van der Waals surface area contributed by atoms with Gasteiger partial charge in [0.25, 0.3) is 0 Å². The number of aryl methyl sites for hydroxylation is 4. The summed E-state index contributed by atoms with van der Waals surface area (Å²) in [5.41, 5.74) is 4.38. The standard InChI is InChI=1S/C24H31N3O3/c1-16-11-17(2)23(18(3)12-16)30-15-20(28)14-26-22(24-25-9-10-27(24)4)19-7-6-8-21(13-19)29-5/h6-13,20,22,26,28H,14-15H2,1-5H3. The lowest BCUT2D eigenvalue weighted by Gasteiger charge is -2.22. The molecule has 3 rings (SSSR count). The van der Waals surface area contributed by atoms with E-state index in [-0.39, 0.29) is 12.6 Å². The molecule has 160 valence electrons. The average Bonchev–Trinajstić information content (AvgIpc) is 3.13. The molecule has 6 heteroatoms. The molecule has 2 unspecified atom stereocenters. The Balaban J connectivity index is 1.69. The lowest BCUT2D eigenvalue weighted by atomic mass is 10.1. The van der Waals surface area contributed by atoms with Crippen LogP contribution in [0, 0.1) is 20.8 Å². The highest BCUT2D eigenvalue weighted by Crippen LogP contribution is 2.26. The van der Waals surface area contributed by atoms with Crippen molar-refractivity contribution >= 4 is 0 Å². The minimum atomic E-state index is -0.668. The highest BCUT2D eigenvalue weighted by atomic mass is 16.5. The number of nitrogens with one attached hydrogen (secondary N) is 1. The summed E-state index contributed by atoms with van der Waals surface area (Å²) in [6.45, 7) is 6.69. The molecular formula is C24H31N3O3. The van der Waals surface area contributed by atoms with Crippen LogP contribution in [-0.4, -0.2) is 41.0 Å². The summed E-state index contributed by atoms with van der Waals surface area (Å²) in [7, 11) is 3.61. The second-order valence-electron chi connectivity index (χ2n) is 7.71. The van der Waals surface area contributed by atoms with Crippen LogP contribution < -0.4 is 14.8 Å². The minimum Gasteiger partial charge on any atom is -0.497 e. The lowest BCUT2D eigenvalue weighted by molar-refractivity contribution is 0.104. The molecule has 0 aliphatic rings. The van der Waals surface area contributed by atoms with E-state index in [0.29, 0.717) is 6.54 Å². The molecule has 2 atom stereocenters. The molecule has 1 heterocycles. The van der Waals surface area contributed by atoms with Gasteiger partial charge in [0.1, 0.15) is 30.0 Å². The fourth-order valence-electron chi connectivity index (χ4n) is 3.72. The van der Waals surface area contributed by atoms with Crippen molar-refractivity contribution in [3.05, 3.63) is 76.9 Å². The summed E-state index contributed by atoms with van der Waals surface area (Å²) in [4.78, 5) is 4.50. The van der Waals surface area contributed by atoms with Gasteiger partial charge in [-0.25, -0.2) is 4.98 Å². The summed E-state index contributed by atoms with van der Waals surface area (Å²) in [5, 5.41) is 14.0. The Morgan fingerprint density at radius 3 is 2.50 bits per heavy atom. The highest BCUT2D eigenvalue weighted by Gasteiger charge is 2.20. The number of nitrogens with zero attached hydrogens (tertiary/aromatic N) is 2. The van der Waals surface area contributed by atoms with Crippen LogP contribution in [0.15, 0.2) is 48.8 Å². The molecular weight excluding hydrogens is 378 g/mol. The van der Waals surface area contributed by atoms with Crippen LogP contribution in [0.4, 0.5) is 0 Å². The van der Waals surface area contributed by atoms with E-state index in [4.69, 9.17) is 9.47 Å². The van der Waals surface area contributed by atoms with Crippen molar-refractivity contribution < 1.29 is 14.6 Å². The van der Waals surface area contributed by atoms with Crippen molar-refractivity contribution in [2.45, 2.75) is 32.9 Å². The van der Waals surface area contributed by atoms with Crippen molar-refractivity contribution in [2.24, 2.45) is 7.05 Å². The maximum absolute atomic E-state index is 10.6. The fourth-order valence-corrected chi connectivity index (χ4v) is 3.72. The Morgan fingerprint density at radius 2 is 1.87 bits per heavy atom. The van der Waals surface area contributed by atoms with Gasteiger partial charge < -0.3 is 24.5 Å². The quantitative estimate of drug-likeness (QED) is 0.566. The van der Waals surface area contributed by atoms with Gasteiger partial charge in [0.15, 0.2) is 0 Å². The van der Waals surface area contributed by atoms with E-state index in [1.54, 1.807) is 13.3 Å². The molecule has 0 spiro atoms. The van der Waals surface area contributed by atoms with E-state index in [9.17, 15) is 5.11 Å². The topological polar surface area (TPSA) is 68.5 Å². The second kappa shape index (κ2) is 9.78. The van der Waals surface area contributed by atoms with E-state index in [2.05, 4.69) is 29.4 Å². The zero-order valence-electron chi connectivity index (χ0n) is 18.3. The van der Waals surface area contributed by atoms with Crippen molar-refractivity contribution in [3.8, 4) is 11.5 Å². The first-order chi connectivity index (χ1) is 14.4. The molecule has 2 N–H and O–H groups in total. The minimum absolute atomic E-state index is 0.183. The molecule has 0 saturated carbocycles. The summed E-state index contributed by atoms with van der Waals surface area (Å²) in [6, 6.07) is 11.9. The molecule has 0 aliphatic carbocycles. The Morgan fingerprint density at radius 1 is 1.13 bits per heavy atom. The van der Waals surface area contributed by atoms with Crippen LogP contribution in [0.25, 0.3) is 0 Å². The Labute approximate surface area is 178 Å². The number of hydrogen-bond donors (Lipinski definition) is 2. The number of ether oxygens (including phenoxy) is 2. The van der Waals surface area contributed by atoms with Crippen LogP contribution >= 0.6 is 0 Å². The van der Waals surface area contributed by atoms with Gasteiger partial charge >= 0.3 is 0 Å². The predicted octanol–water partition coefficient (Wildman–Crippen LogP) is 3.47. The molecule has 6 nitrogen and oxygen atoms in total. The molecule has 2 aromatic carbocycles. The van der Waals surface area contributed by atoms with Gasteiger partial charge in [-0.3, -0.25) is 0 Å². The van der Waals surface area contributed by atoms with Crippen LogP contribution in [-0.2, 0) is 7.05 Å². The normalized spacial score (nSPS) is 13.1. The third-order valence-electron chi connectivity index (χ3n) is 5.13. The Bertz CT molecular complexity index is 960. The predicted molar refractivity (Wildman–Crippen MR) is 118 cm³/mol. The lowest BCUT2D eigenvalue weighted by Crippen LogP contribution is -2.35. The number of rotatable bonds is 9. The van der Waals surface area contributed by atoms with Crippen molar-refractivity contribution in [2.75, 3.05) is 20.3 Å². The second-order valence-corrected chi connectivity index (χ2v) is 7.71. The average molecular weight is 410 g/mol. The van der Waals surface area contributed by atoms with Crippen LogP contribution in [0.2, 0.25) is 0 Å². The highest BCUT2D eigenvalue weighted by molar-refractivity contribution is 5.43. The number of hydrogen-bond acceptors (Lipinski definition) is 5. The van der Waals surface area contributed by atoms with Crippen LogP contribution in [0.1, 0.15) is 34.1 Å². The van der Waals surface area contributed by atoms with Crippen molar-refractivity contribution in [1.82, 2.24) is 14.9 Å². The van der Waals surface area contributed by atoms with Crippen LogP contribution in [0.5, 0.6) is 11.5 Å². The third kappa shape index (κ3) is 5.20. The van der Waals surface area contributed by atoms with Gasteiger partial charge in [-0.2, -0.15) is 0 Å². The monoisotopic (exact) mass is 409 g/mol. The van der Waals surface area contributed by atoms with Crippen molar-refractivity contribution in [3.63, 3.8) is 0 Å².